The van der Waals surface area contributed by atoms with Crippen molar-refractivity contribution in [3.8, 4) is 0 Å². The molecule has 0 radical (unpaired) electrons. The number of rotatable bonds is 5. The van der Waals surface area contributed by atoms with Crippen molar-refractivity contribution in [3.05, 3.63) is 47.2 Å². The molecule has 2 fully saturated rings. The minimum absolute atomic E-state index is 0.101. The number of nitrogens with zero attached hydrogens (tertiary/aromatic N) is 5. The van der Waals surface area contributed by atoms with Crippen molar-refractivity contribution in [2.45, 2.75) is 32.2 Å². The number of hydrogen-bond donors (Lipinski definition) is 2. The Morgan fingerprint density at radius 2 is 1.70 bits per heavy atom. The molecule has 4 heterocycles. The van der Waals surface area contributed by atoms with Crippen LogP contribution in [-0.4, -0.2) is 62.5 Å². The number of nitrogens with one attached hydrogen (secondary N) is 1. The van der Waals surface area contributed by atoms with Gasteiger partial charge in [-0.1, -0.05) is 12.1 Å². The van der Waals surface area contributed by atoms with Crippen molar-refractivity contribution in [2.75, 3.05) is 31.9 Å². The Hall–Kier alpha value is -2.91. The van der Waals surface area contributed by atoms with Gasteiger partial charge < -0.3 is 16.0 Å². The zero-order chi connectivity index (χ0) is 22.8. The quantitative estimate of drug-likeness (QED) is 0.562. The minimum atomic E-state index is 0.101. The summed E-state index contributed by atoms with van der Waals surface area (Å²) in [5, 5.41) is 9.49. The van der Waals surface area contributed by atoms with Crippen LogP contribution in [0.4, 0.5) is 5.95 Å². The SMILES string of the molecule is N=C(c1nc2ccccc2s1)C1CCN(C(=O)C2CCN(Cc3cnc(N)nc3)CC2)CC1. The van der Waals surface area contributed by atoms with Gasteiger partial charge in [0.2, 0.25) is 11.9 Å². The fourth-order valence-electron chi connectivity index (χ4n) is 4.85. The molecule has 1 amide bonds. The number of benzene rings is 1. The summed E-state index contributed by atoms with van der Waals surface area (Å²) in [5.41, 5.74) is 8.20. The standard InChI is InChI=1S/C24H29N7OS/c25-21(22-29-19-3-1-2-4-20(19)33-22)17-7-11-31(12-8-17)23(32)18-5-9-30(10-6-18)15-16-13-27-24(26)28-14-16/h1-4,13-14,17-18,25H,5-12,15H2,(H2,26,27,28). The second-order valence-electron chi connectivity index (χ2n) is 9.00. The first-order chi connectivity index (χ1) is 16.1. The van der Waals surface area contributed by atoms with Crippen LogP contribution in [0.2, 0.25) is 0 Å². The number of piperidine rings is 2. The first kappa shape index (κ1) is 21.9. The van der Waals surface area contributed by atoms with Gasteiger partial charge in [0, 0.05) is 49.4 Å². The number of para-hydroxylation sites is 1. The Balaban J connectivity index is 1.10. The molecule has 0 unspecified atom stereocenters. The fourth-order valence-corrected chi connectivity index (χ4v) is 5.85. The lowest BCUT2D eigenvalue weighted by atomic mass is 9.89. The topological polar surface area (TPSA) is 112 Å². The van der Waals surface area contributed by atoms with Gasteiger partial charge in [0.25, 0.3) is 0 Å². The number of fused-ring (bicyclic) bond motifs is 1. The summed E-state index contributed by atoms with van der Waals surface area (Å²) in [6, 6.07) is 8.05. The number of nitrogen functional groups attached to an aromatic ring is 1. The van der Waals surface area contributed by atoms with Gasteiger partial charge in [0.15, 0.2) is 0 Å². The molecule has 0 bridgehead atoms. The molecule has 0 spiro atoms. The lowest BCUT2D eigenvalue weighted by molar-refractivity contribution is -0.138. The highest BCUT2D eigenvalue weighted by Gasteiger charge is 2.32. The van der Waals surface area contributed by atoms with E-state index in [1.165, 1.54) is 0 Å². The Labute approximate surface area is 197 Å². The molecule has 2 saturated heterocycles. The van der Waals surface area contributed by atoms with Gasteiger partial charge >= 0.3 is 0 Å². The van der Waals surface area contributed by atoms with E-state index in [1.54, 1.807) is 23.7 Å². The zero-order valence-corrected chi connectivity index (χ0v) is 19.4. The van der Waals surface area contributed by atoms with Crippen molar-refractivity contribution in [3.63, 3.8) is 0 Å². The molecule has 9 heteroatoms. The Morgan fingerprint density at radius 3 is 2.39 bits per heavy atom. The van der Waals surface area contributed by atoms with E-state index in [-0.39, 0.29) is 17.7 Å². The van der Waals surface area contributed by atoms with Crippen molar-refractivity contribution >= 4 is 39.1 Å². The van der Waals surface area contributed by atoms with Gasteiger partial charge in [0.1, 0.15) is 5.01 Å². The molecule has 3 N–H and O–H groups in total. The molecule has 2 aliphatic heterocycles. The Morgan fingerprint density at radius 1 is 1.03 bits per heavy atom. The normalized spacial score (nSPS) is 18.6. The number of nitrogens with two attached hydrogens (primary N) is 1. The number of hydrogen-bond acceptors (Lipinski definition) is 8. The summed E-state index contributed by atoms with van der Waals surface area (Å²) in [5.74, 6) is 0.861. The molecule has 5 rings (SSSR count). The number of likely N-dealkylation sites (tertiary alicyclic amines) is 2. The number of aromatic nitrogens is 3. The molecular weight excluding hydrogens is 434 g/mol. The predicted octanol–water partition coefficient (Wildman–Crippen LogP) is 3.19. The average Bonchev–Trinajstić information content (AvgIpc) is 3.30. The van der Waals surface area contributed by atoms with Crippen LogP contribution in [0.25, 0.3) is 10.2 Å². The monoisotopic (exact) mass is 463 g/mol. The number of thiazole rings is 1. The van der Waals surface area contributed by atoms with E-state index in [0.29, 0.717) is 11.7 Å². The molecule has 8 nitrogen and oxygen atoms in total. The third kappa shape index (κ3) is 4.89. The highest BCUT2D eigenvalue weighted by Crippen LogP contribution is 2.29. The van der Waals surface area contributed by atoms with Gasteiger partial charge in [-0.2, -0.15) is 0 Å². The van der Waals surface area contributed by atoms with Crippen molar-refractivity contribution < 1.29 is 4.79 Å². The molecular formula is C24H29N7OS. The van der Waals surface area contributed by atoms with E-state index in [0.717, 1.165) is 79.2 Å². The van der Waals surface area contributed by atoms with Crippen LogP contribution in [0.15, 0.2) is 36.7 Å². The molecule has 172 valence electrons. The second-order valence-corrected chi connectivity index (χ2v) is 10.0. The van der Waals surface area contributed by atoms with Gasteiger partial charge in [0.05, 0.1) is 15.9 Å². The van der Waals surface area contributed by atoms with E-state index in [4.69, 9.17) is 11.1 Å². The number of amides is 1. The molecule has 2 aliphatic rings. The van der Waals surface area contributed by atoms with E-state index in [1.807, 2.05) is 23.1 Å². The Kier molecular flexibility index (Phi) is 6.32. The van der Waals surface area contributed by atoms with Gasteiger partial charge in [-0.3, -0.25) is 9.69 Å². The van der Waals surface area contributed by atoms with Crippen molar-refractivity contribution in [2.24, 2.45) is 11.8 Å². The lowest BCUT2D eigenvalue weighted by Crippen LogP contribution is -2.46. The zero-order valence-electron chi connectivity index (χ0n) is 18.6. The summed E-state index contributed by atoms with van der Waals surface area (Å²) in [4.78, 5) is 30.3. The third-order valence-corrected chi connectivity index (χ3v) is 7.88. The lowest BCUT2D eigenvalue weighted by Gasteiger charge is -2.37. The van der Waals surface area contributed by atoms with Gasteiger partial charge in [-0.05, 0) is 50.9 Å². The average molecular weight is 464 g/mol. The highest BCUT2D eigenvalue weighted by molar-refractivity contribution is 7.20. The molecule has 3 aromatic rings. The maximum Gasteiger partial charge on any atom is 0.225 e. The van der Waals surface area contributed by atoms with E-state index >= 15 is 0 Å². The molecule has 2 aromatic heterocycles. The smallest absolute Gasteiger partial charge is 0.225 e. The van der Waals surface area contributed by atoms with Crippen LogP contribution in [0, 0.1) is 17.2 Å². The van der Waals surface area contributed by atoms with E-state index < -0.39 is 0 Å². The predicted molar refractivity (Wildman–Crippen MR) is 130 cm³/mol. The molecule has 0 aliphatic carbocycles. The van der Waals surface area contributed by atoms with Gasteiger partial charge in [-0.25, -0.2) is 15.0 Å². The first-order valence-corrected chi connectivity index (χ1v) is 12.4. The van der Waals surface area contributed by atoms with Crippen LogP contribution in [-0.2, 0) is 11.3 Å². The van der Waals surface area contributed by atoms with Crippen LogP contribution in [0.5, 0.6) is 0 Å². The van der Waals surface area contributed by atoms with E-state index in [2.05, 4.69) is 25.9 Å². The highest BCUT2D eigenvalue weighted by atomic mass is 32.1. The summed E-state index contributed by atoms with van der Waals surface area (Å²) in [6.07, 6.45) is 7.00. The first-order valence-electron chi connectivity index (χ1n) is 11.6. The Bertz CT molecular complexity index is 1100. The number of carbonyl (C=O) groups is 1. The summed E-state index contributed by atoms with van der Waals surface area (Å²) < 4.78 is 1.13. The third-order valence-electron chi connectivity index (χ3n) is 6.81. The summed E-state index contributed by atoms with van der Waals surface area (Å²) in [7, 11) is 0. The van der Waals surface area contributed by atoms with Crippen LogP contribution < -0.4 is 5.73 Å². The van der Waals surface area contributed by atoms with Crippen LogP contribution >= 0.6 is 11.3 Å². The molecule has 0 atom stereocenters. The molecule has 33 heavy (non-hydrogen) atoms. The van der Waals surface area contributed by atoms with Crippen LogP contribution in [0.1, 0.15) is 36.3 Å². The second kappa shape index (κ2) is 9.52. The van der Waals surface area contributed by atoms with Crippen molar-refractivity contribution in [1.29, 1.82) is 5.41 Å². The minimum Gasteiger partial charge on any atom is -0.368 e. The van der Waals surface area contributed by atoms with E-state index in [9.17, 15) is 4.79 Å². The largest absolute Gasteiger partial charge is 0.368 e. The van der Waals surface area contributed by atoms with Crippen molar-refractivity contribution in [1.82, 2.24) is 24.8 Å². The number of carbonyl (C=O) groups excluding carboxylic acids is 1. The molecule has 0 saturated carbocycles. The fraction of sp³-hybridized carbons (Fsp3) is 0.458. The summed E-state index contributed by atoms with van der Waals surface area (Å²) in [6.45, 7) is 4.07. The number of anilines is 1. The molecule has 1 aromatic carbocycles. The maximum atomic E-state index is 13.1. The van der Waals surface area contributed by atoms with Gasteiger partial charge in [-0.15, -0.1) is 11.3 Å². The maximum absolute atomic E-state index is 13.1. The van der Waals surface area contributed by atoms with Crippen LogP contribution in [0.3, 0.4) is 0 Å². The summed E-state index contributed by atoms with van der Waals surface area (Å²) >= 11 is 1.60.